The molecule has 0 bridgehead atoms. The summed E-state index contributed by atoms with van der Waals surface area (Å²) in [4.78, 5) is 11.6. The van der Waals surface area contributed by atoms with E-state index in [0.29, 0.717) is 37.7 Å². The fourth-order valence-corrected chi connectivity index (χ4v) is 1.70. The number of ether oxygens (including phenoxy) is 1. The van der Waals surface area contributed by atoms with Crippen LogP contribution in [-0.2, 0) is 4.79 Å². The monoisotopic (exact) mass is 279 g/mol. The molecule has 0 saturated carbocycles. The molecule has 0 aliphatic carbocycles. The molecule has 0 saturated heterocycles. The highest BCUT2D eigenvalue weighted by molar-refractivity contribution is 5.76. The summed E-state index contributed by atoms with van der Waals surface area (Å²) in [5.41, 5.74) is 7.31. The van der Waals surface area contributed by atoms with Crippen molar-refractivity contribution in [2.45, 2.75) is 27.2 Å². The Morgan fingerprint density at radius 1 is 1.35 bits per heavy atom. The van der Waals surface area contributed by atoms with E-state index >= 15 is 0 Å². The van der Waals surface area contributed by atoms with Crippen LogP contribution in [0.1, 0.15) is 27.2 Å². The van der Waals surface area contributed by atoms with Crippen LogP contribution in [0.5, 0.6) is 5.75 Å². The smallest absolute Gasteiger partial charge is 0.221 e. The van der Waals surface area contributed by atoms with Crippen molar-refractivity contribution in [3.8, 4) is 5.75 Å². The summed E-state index contributed by atoms with van der Waals surface area (Å²) in [7, 11) is 0. The zero-order valence-electron chi connectivity index (χ0n) is 12.5. The van der Waals surface area contributed by atoms with E-state index < -0.39 is 0 Å². The van der Waals surface area contributed by atoms with E-state index in [2.05, 4.69) is 24.5 Å². The Morgan fingerprint density at radius 2 is 2.10 bits per heavy atom. The number of carbonyl (C=O) groups excluding carboxylic acids is 1. The molecular weight excluding hydrogens is 254 g/mol. The van der Waals surface area contributed by atoms with E-state index in [1.807, 2.05) is 19.1 Å². The average Bonchev–Trinajstić information content (AvgIpc) is 2.36. The van der Waals surface area contributed by atoms with Gasteiger partial charge in [0, 0.05) is 43.0 Å². The Hall–Kier alpha value is -1.91. The molecule has 0 atom stereocenters. The third-order valence-electron chi connectivity index (χ3n) is 2.63. The number of nitrogen functional groups attached to an aromatic ring is 1. The zero-order valence-corrected chi connectivity index (χ0v) is 12.5. The summed E-state index contributed by atoms with van der Waals surface area (Å²) < 4.78 is 5.42. The third-order valence-corrected chi connectivity index (χ3v) is 2.63. The number of amides is 1. The van der Waals surface area contributed by atoms with E-state index in [4.69, 9.17) is 10.5 Å². The number of carbonyl (C=O) groups is 1. The summed E-state index contributed by atoms with van der Waals surface area (Å²) in [5.74, 6) is 1.26. The predicted molar refractivity (Wildman–Crippen MR) is 83.0 cm³/mol. The van der Waals surface area contributed by atoms with Gasteiger partial charge in [-0.2, -0.15) is 0 Å². The second kappa shape index (κ2) is 8.30. The Morgan fingerprint density at radius 3 is 2.75 bits per heavy atom. The van der Waals surface area contributed by atoms with Gasteiger partial charge in [-0.3, -0.25) is 4.79 Å². The summed E-state index contributed by atoms with van der Waals surface area (Å²) in [6, 6.07) is 5.49. The number of anilines is 2. The van der Waals surface area contributed by atoms with E-state index in [9.17, 15) is 4.79 Å². The minimum absolute atomic E-state index is 0.0557. The number of rotatable bonds is 8. The van der Waals surface area contributed by atoms with Crippen molar-refractivity contribution in [3.05, 3.63) is 18.2 Å². The molecule has 0 aliphatic rings. The van der Waals surface area contributed by atoms with Gasteiger partial charge in [-0.1, -0.05) is 13.8 Å². The van der Waals surface area contributed by atoms with Crippen LogP contribution in [0.15, 0.2) is 18.2 Å². The number of hydrogen-bond donors (Lipinski definition) is 3. The van der Waals surface area contributed by atoms with E-state index in [0.717, 1.165) is 11.4 Å². The summed E-state index contributed by atoms with van der Waals surface area (Å²) in [5, 5.41) is 6.07. The Balaban J connectivity index is 2.39. The first-order chi connectivity index (χ1) is 9.51. The maximum atomic E-state index is 11.6. The van der Waals surface area contributed by atoms with Crippen LogP contribution in [0.3, 0.4) is 0 Å². The first-order valence-electron chi connectivity index (χ1n) is 7.05. The molecule has 0 radical (unpaired) electrons. The van der Waals surface area contributed by atoms with E-state index in [-0.39, 0.29) is 5.91 Å². The maximum absolute atomic E-state index is 11.6. The number of nitrogens with two attached hydrogens (primary N) is 1. The van der Waals surface area contributed by atoms with Gasteiger partial charge in [-0.25, -0.2) is 0 Å². The molecular formula is C15H25N3O2. The lowest BCUT2D eigenvalue weighted by molar-refractivity contribution is -0.120. The molecule has 20 heavy (non-hydrogen) atoms. The second-order valence-corrected chi connectivity index (χ2v) is 5.10. The quantitative estimate of drug-likeness (QED) is 0.638. The van der Waals surface area contributed by atoms with Crippen LogP contribution in [0.4, 0.5) is 11.4 Å². The van der Waals surface area contributed by atoms with Crippen LogP contribution in [0.2, 0.25) is 0 Å². The Bertz CT molecular complexity index is 433. The molecule has 0 unspecified atom stereocenters. The van der Waals surface area contributed by atoms with Crippen molar-refractivity contribution in [2.75, 3.05) is 30.7 Å². The van der Waals surface area contributed by atoms with Crippen LogP contribution >= 0.6 is 0 Å². The van der Waals surface area contributed by atoms with Gasteiger partial charge in [0.2, 0.25) is 5.91 Å². The largest absolute Gasteiger partial charge is 0.494 e. The minimum Gasteiger partial charge on any atom is -0.494 e. The van der Waals surface area contributed by atoms with Crippen molar-refractivity contribution in [1.29, 1.82) is 0 Å². The van der Waals surface area contributed by atoms with Crippen LogP contribution in [-0.4, -0.2) is 25.6 Å². The van der Waals surface area contributed by atoms with E-state index in [1.165, 1.54) is 0 Å². The van der Waals surface area contributed by atoms with Crippen LogP contribution < -0.4 is 21.1 Å². The molecule has 1 amide bonds. The highest BCUT2D eigenvalue weighted by Gasteiger charge is 2.03. The van der Waals surface area contributed by atoms with Crippen molar-refractivity contribution < 1.29 is 9.53 Å². The molecule has 5 nitrogen and oxygen atoms in total. The van der Waals surface area contributed by atoms with Crippen LogP contribution in [0.25, 0.3) is 0 Å². The number of nitrogens with one attached hydrogen (secondary N) is 2. The summed E-state index contributed by atoms with van der Waals surface area (Å²) in [6.45, 7) is 7.95. The van der Waals surface area contributed by atoms with Gasteiger partial charge in [0.05, 0.1) is 6.61 Å². The Kier molecular flexibility index (Phi) is 6.70. The van der Waals surface area contributed by atoms with Gasteiger partial charge in [0.1, 0.15) is 5.75 Å². The normalized spacial score (nSPS) is 10.4. The third kappa shape index (κ3) is 6.31. The SMILES string of the molecule is CCOc1cc(N)cc(NCCC(=O)NCC(C)C)c1. The fraction of sp³-hybridized carbons (Fsp3) is 0.533. The predicted octanol–water partition coefficient (Wildman–Crippen LogP) is 2.24. The molecule has 112 valence electrons. The molecule has 1 aromatic carbocycles. The first kappa shape index (κ1) is 16.1. The zero-order chi connectivity index (χ0) is 15.0. The minimum atomic E-state index is 0.0557. The highest BCUT2D eigenvalue weighted by Crippen LogP contribution is 2.22. The van der Waals surface area contributed by atoms with Gasteiger partial charge < -0.3 is 21.1 Å². The first-order valence-corrected chi connectivity index (χ1v) is 7.05. The standard InChI is InChI=1S/C15H25N3O2/c1-4-20-14-8-12(16)7-13(9-14)17-6-5-15(19)18-10-11(2)3/h7-9,11,17H,4-6,10,16H2,1-3H3,(H,18,19). The van der Waals surface area contributed by atoms with Gasteiger partial charge in [-0.05, 0) is 18.9 Å². The van der Waals surface area contributed by atoms with Gasteiger partial charge >= 0.3 is 0 Å². The summed E-state index contributed by atoms with van der Waals surface area (Å²) in [6.07, 6.45) is 0.436. The van der Waals surface area contributed by atoms with Crippen molar-refractivity contribution in [2.24, 2.45) is 5.92 Å². The van der Waals surface area contributed by atoms with Gasteiger partial charge in [0.15, 0.2) is 0 Å². The molecule has 0 aliphatic heterocycles. The maximum Gasteiger partial charge on any atom is 0.221 e. The van der Waals surface area contributed by atoms with E-state index in [1.54, 1.807) is 6.07 Å². The van der Waals surface area contributed by atoms with Crippen molar-refractivity contribution in [1.82, 2.24) is 5.32 Å². The molecule has 0 spiro atoms. The molecule has 1 aromatic rings. The lowest BCUT2D eigenvalue weighted by atomic mass is 10.2. The average molecular weight is 279 g/mol. The van der Waals surface area contributed by atoms with Crippen LogP contribution in [0, 0.1) is 5.92 Å². The molecule has 0 fully saturated rings. The van der Waals surface area contributed by atoms with Gasteiger partial charge in [-0.15, -0.1) is 0 Å². The fourth-order valence-electron chi connectivity index (χ4n) is 1.70. The molecule has 5 heteroatoms. The second-order valence-electron chi connectivity index (χ2n) is 5.10. The highest BCUT2D eigenvalue weighted by atomic mass is 16.5. The number of hydrogen-bond acceptors (Lipinski definition) is 4. The lowest BCUT2D eigenvalue weighted by Gasteiger charge is -2.11. The lowest BCUT2D eigenvalue weighted by Crippen LogP contribution is -2.28. The molecule has 1 rings (SSSR count). The van der Waals surface area contributed by atoms with Crippen molar-refractivity contribution in [3.63, 3.8) is 0 Å². The molecule has 4 N–H and O–H groups in total. The number of benzene rings is 1. The van der Waals surface area contributed by atoms with Gasteiger partial charge in [0.25, 0.3) is 0 Å². The molecule has 0 heterocycles. The molecule has 0 aromatic heterocycles. The Labute approximate surface area is 120 Å². The summed E-state index contributed by atoms with van der Waals surface area (Å²) >= 11 is 0. The topological polar surface area (TPSA) is 76.4 Å². The van der Waals surface area contributed by atoms with Crippen molar-refractivity contribution >= 4 is 17.3 Å².